The van der Waals surface area contributed by atoms with Crippen LogP contribution in [0, 0.1) is 0 Å². The first-order valence-electron chi connectivity index (χ1n) is 7.90. The lowest BCUT2D eigenvalue weighted by atomic mass is 10.2. The van der Waals surface area contributed by atoms with E-state index < -0.39 is 12.0 Å². The lowest BCUT2D eigenvalue weighted by Gasteiger charge is -2.26. The number of nitrogens with one attached hydrogen (secondary N) is 2. The van der Waals surface area contributed by atoms with Crippen molar-refractivity contribution in [3.05, 3.63) is 22.4 Å². The van der Waals surface area contributed by atoms with Gasteiger partial charge in [-0.15, -0.1) is 0 Å². The Morgan fingerprint density at radius 2 is 1.96 bits per heavy atom. The van der Waals surface area contributed by atoms with Crippen LogP contribution in [0.5, 0.6) is 0 Å². The standard InChI is InChI=1S/C16H23N3O5S/c1-11(16(23)24)19(8-7-17-12(2)20)14(21)4-3-6-18-15(22)13-5-9-25-10-13/h5,9-11H,3-4,6-8H2,1-2H3,(H,17,20)(H,18,22)(H,23,24). The van der Waals surface area contributed by atoms with E-state index in [0.717, 1.165) is 0 Å². The number of hydrogen-bond donors (Lipinski definition) is 3. The summed E-state index contributed by atoms with van der Waals surface area (Å²) < 4.78 is 0. The van der Waals surface area contributed by atoms with Crippen LogP contribution in [-0.2, 0) is 14.4 Å². The topological polar surface area (TPSA) is 116 Å². The van der Waals surface area contributed by atoms with E-state index in [4.69, 9.17) is 5.11 Å². The van der Waals surface area contributed by atoms with Gasteiger partial charge in [-0.05, 0) is 24.8 Å². The van der Waals surface area contributed by atoms with E-state index in [1.165, 1.54) is 30.1 Å². The summed E-state index contributed by atoms with van der Waals surface area (Å²) >= 11 is 1.42. The van der Waals surface area contributed by atoms with Gasteiger partial charge in [0.15, 0.2) is 0 Å². The van der Waals surface area contributed by atoms with Gasteiger partial charge in [0, 0.05) is 43.9 Å². The minimum Gasteiger partial charge on any atom is -0.480 e. The number of carbonyl (C=O) groups is 4. The van der Waals surface area contributed by atoms with Gasteiger partial charge >= 0.3 is 5.97 Å². The average Bonchev–Trinajstić information content (AvgIpc) is 3.08. The monoisotopic (exact) mass is 369 g/mol. The quantitative estimate of drug-likeness (QED) is 0.525. The third-order valence-corrected chi connectivity index (χ3v) is 4.19. The van der Waals surface area contributed by atoms with Crippen LogP contribution in [0.4, 0.5) is 0 Å². The first-order valence-corrected chi connectivity index (χ1v) is 8.84. The minimum atomic E-state index is -1.11. The summed E-state index contributed by atoms with van der Waals surface area (Å²) in [7, 11) is 0. The zero-order valence-electron chi connectivity index (χ0n) is 14.3. The van der Waals surface area contributed by atoms with E-state index in [9.17, 15) is 19.2 Å². The molecule has 1 unspecified atom stereocenters. The fourth-order valence-electron chi connectivity index (χ4n) is 2.10. The lowest BCUT2D eigenvalue weighted by Crippen LogP contribution is -2.46. The molecule has 0 saturated heterocycles. The zero-order chi connectivity index (χ0) is 18.8. The van der Waals surface area contributed by atoms with Crippen LogP contribution in [0.15, 0.2) is 16.8 Å². The summed E-state index contributed by atoms with van der Waals surface area (Å²) in [6.07, 6.45) is 0.513. The average molecular weight is 369 g/mol. The SMILES string of the molecule is CC(=O)NCCN(C(=O)CCCNC(=O)c1ccsc1)C(C)C(=O)O. The van der Waals surface area contributed by atoms with Crippen LogP contribution in [0.25, 0.3) is 0 Å². The molecule has 1 aromatic heterocycles. The molecule has 138 valence electrons. The summed E-state index contributed by atoms with van der Waals surface area (Å²) in [5.41, 5.74) is 0.577. The van der Waals surface area contributed by atoms with Crippen LogP contribution < -0.4 is 10.6 Å². The number of rotatable bonds is 10. The highest BCUT2D eigenvalue weighted by atomic mass is 32.1. The second-order valence-corrected chi connectivity index (χ2v) is 6.24. The van der Waals surface area contributed by atoms with Gasteiger partial charge in [-0.1, -0.05) is 0 Å². The molecule has 0 aromatic carbocycles. The van der Waals surface area contributed by atoms with Gasteiger partial charge in [0.05, 0.1) is 0 Å². The van der Waals surface area contributed by atoms with Gasteiger partial charge in [0.1, 0.15) is 6.04 Å². The van der Waals surface area contributed by atoms with Crippen molar-refractivity contribution in [1.29, 1.82) is 0 Å². The Hall–Kier alpha value is -2.42. The van der Waals surface area contributed by atoms with Crippen LogP contribution in [0.1, 0.15) is 37.0 Å². The summed E-state index contributed by atoms with van der Waals surface area (Å²) in [5.74, 6) is -1.88. The van der Waals surface area contributed by atoms with E-state index in [1.54, 1.807) is 16.8 Å². The number of hydrogen-bond acceptors (Lipinski definition) is 5. The highest BCUT2D eigenvalue weighted by Crippen LogP contribution is 2.06. The zero-order valence-corrected chi connectivity index (χ0v) is 15.1. The molecule has 1 rings (SSSR count). The molecular weight excluding hydrogens is 346 g/mol. The molecule has 0 aliphatic heterocycles. The molecule has 1 aromatic rings. The fourth-order valence-corrected chi connectivity index (χ4v) is 2.74. The Balaban J connectivity index is 2.43. The van der Waals surface area contributed by atoms with Crippen molar-refractivity contribution in [2.24, 2.45) is 0 Å². The third-order valence-electron chi connectivity index (χ3n) is 3.51. The Kier molecular flexibility index (Phi) is 8.62. The van der Waals surface area contributed by atoms with E-state index in [0.29, 0.717) is 18.5 Å². The molecule has 0 fully saturated rings. The van der Waals surface area contributed by atoms with Crippen molar-refractivity contribution in [1.82, 2.24) is 15.5 Å². The maximum absolute atomic E-state index is 12.3. The van der Waals surface area contributed by atoms with Crippen molar-refractivity contribution in [2.75, 3.05) is 19.6 Å². The molecule has 0 aliphatic rings. The van der Waals surface area contributed by atoms with Crippen LogP contribution in [0.2, 0.25) is 0 Å². The number of carbonyl (C=O) groups excluding carboxylic acids is 3. The fraction of sp³-hybridized carbons (Fsp3) is 0.500. The number of nitrogens with zero attached hydrogens (tertiary/aromatic N) is 1. The molecule has 8 nitrogen and oxygen atoms in total. The maximum Gasteiger partial charge on any atom is 0.326 e. The first-order chi connectivity index (χ1) is 11.8. The molecular formula is C16H23N3O5S. The maximum atomic E-state index is 12.3. The Morgan fingerprint density at radius 3 is 2.52 bits per heavy atom. The molecule has 0 radical (unpaired) electrons. The van der Waals surface area contributed by atoms with Crippen molar-refractivity contribution >= 4 is 35.0 Å². The van der Waals surface area contributed by atoms with Gasteiger partial charge in [0.2, 0.25) is 11.8 Å². The lowest BCUT2D eigenvalue weighted by molar-refractivity contribution is -0.149. The number of carboxylic acids is 1. The third kappa shape index (κ3) is 7.34. The predicted octanol–water partition coefficient (Wildman–Crippen LogP) is 0.696. The summed E-state index contributed by atoms with van der Waals surface area (Å²) in [6.45, 7) is 3.40. The number of carboxylic acid groups (broad SMARTS) is 1. The summed E-state index contributed by atoms with van der Waals surface area (Å²) in [4.78, 5) is 47.3. The van der Waals surface area contributed by atoms with Crippen LogP contribution >= 0.6 is 11.3 Å². The highest BCUT2D eigenvalue weighted by molar-refractivity contribution is 7.08. The highest BCUT2D eigenvalue weighted by Gasteiger charge is 2.24. The Labute approximate surface area is 150 Å². The van der Waals surface area contributed by atoms with Gasteiger partial charge in [0.25, 0.3) is 5.91 Å². The predicted molar refractivity (Wildman–Crippen MR) is 93.4 cm³/mol. The van der Waals surface area contributed by atoms with Gasteiger partial charge < -0.3 is 20.6 Å². The molecule has 0 spiro atoms. The van der Waals surface area contributed by atoms with Gasteiger partial charge in [-0.2, -0.15) is 11.3 Å². The molecule has 3 N–H and O–H groups in total. The number of thiophene rings is 1. The van der Waals surface area contributed by atoms with Crippen molar-refractivity contribution < 1.29 is 24.3 Å². The summed E-state index contributed by atoms with van der Waals surface area (Å²) in [5, 5.41) is 17.9. The van der Waals surface area contributed by atoms with Crippen molar-refractivity contribution in [2.45, 2.75) is 32.7 Å². The molecule has 3 amide bonds. The normalized spacial score (nSPS) is 11.4. The molecule has 1 atom stereocenters. The van der Waals surface area contributed by atoms with Crippen molar-refractivity contribution in [3.63, 3.8) is 0 Å². The van der Waals surface area contributed by atoms with Gasteiger partial charge in [-0.3, -0.25) is 14.4 Å². The first kappa shape index (κ1) is 20.6. The number of amides is 3. The summed E-state index contributed by atoms with van der Waals surface area (Å²) in [6, 6.07) is 0.727. The largest absolute Gasteiger partial charge is 0.480 e. The van der Waals surface area contributed by atoms with Crippen LogP contribution in [-0.4, -0.2) is 59.4 Å². The molecule has 0 aliphatic carbocycles. The number of aliphatic carboxylic acids is 1. The molecule has 1 heterocycles. The Morgan fingerprint density at radius 1 is 1.24 bits per heavy atom. The molecule has 0 saturated carbocycles. The molecule has 0 bridgehead atoms. The van der Waals surface area contributed by atoms with Crippen molar-refractivity contribution in [3.8, 4) is 0 Å². The van der Waals surface area contributed by atoms with Crippen LogP contribution in [0.3, 0.4) is 0 Å². The molecule has 9 heteroatoms. The van der Waals surface area contributed by atoms with E-state index >= 15 is 0 Å². The smallest absolute Gasteiger partial charge is 0.326 e. The van der Waals surface area contributed by atoms with E-state index in [2.05, 4.69) is 10.6 Å². The second-order valence-electron chi connectivity index (χ2n) is 5.46. The van der Waals surface area contributed by atoms with E-state index in [1.807, 2.05) is 0 Å². The minimum absolute atomic E-state index is 0.113. The second kappa shape index (κ2) is 10.4. The van der Waals surface area contributed by atoms with Gasteiger partial charge in [-0.25, -0.2) is 4.79 Å². The molecule has 25 heavy (non-hydrogen) atoms. The van der Waals surface area contributed by atoms with E-state index in [-0.39, 0.29) is 37.2 Å². The Bertz CT molecular complexity index is 603.